The Kier molecular flexibility index (Phi) is 11.6. The van der Waals surface area contributed by atoms with Crippen molar-refractivity contribution in [1.29, 1.82) is 0 Å². The average Bonchev–Trinajstić information content (AvgIpc) is 3.87. The first-order valence-electron chi connectivity index (χ1n) is 24.2. The fourth-order valence-corrected chi connectivity index (χ4v) is 12.1. The summed E-state index contributed by atoms with van der Waals surface area (Å²) < 4.78 is 43.3. The minimum atomic E-state index is -1.37. The summed E-state index contributed by atoms with van der Waals surface area (Å²) in [4.78, 5) is 71.2. The maximum Gasteiger partial charge on any atom is 0.303 e. The zero-order valence-electron chi connectivity index (χ0n) is 39.3. The molecule has 1 saturated heterocycles. The summed E-state index contributed by atoms with van der Waals surface area (Å²) in [6.45, 7) is 8.42. The van der Waals surface area contributed by atoms with Crippen molar-refractivity contribution in [2.24, 2.45) is 0 Å². The van der Waals surface area contributed by atoms with Gasteiger partial charge in [0.15, 0.2) is 24.6 Å². The minimum Gasteiger partial charge on any atom is -0.463 e. The summed E-state index contributed by atoms with van der Waals surface area (Å²) in [5.41, 5.74) is 10.7. The van der Waals surface area contributed by atoms with Gasteiger partial charge in [-0.3, -0.25) is 24.0 Å². The minimum absolute atomic E-state index is 0.0433. The molecule has 0 saturated carbocycles. The molecule has 5 unspecified atom stereocenters. The second kappa shape index (κ2) is 17.8. The van der Waals surface area contributed by atoms with Gasteiger partial charge in [0.05, 0.1) is 18.5 Å². The summed E-state index contributed by atoms with van der Waals surface area (Å²) in [6, 6.07) is 12.7. The van der Waals surface area contributed by atoms with Crippen molar-refractivity contribution in [3.05, 3.63) is 92.8 Å². The molecular weight excluding hydrogens is 889 g/mol. The molecule has 7 aliphatic rings. The van der Waals surface area contributed by atoms with Crippen LogP contribution in [0, 0.1) is 0 Å². The van der Waals surface area contributed by atoms with Crippen LogP contribution in [0.3, 0.4) is 0 Å². The Morgan fingerprint density at radius 3 is 1.91 bits per heavy atom. The van der Waals surface area contributed by atoms with Crippen LogP contribution in [0.25, 0.3) is 0 Å². The standard InChI is InChI=1S/C51H56N6O12/c1-28(58)64-26-41-46(65-29(2)59)47(66-30(3)60)48(67-31(4)61)50(68-41)63-22-17-34-25-56(53-52-34)27-57-49(62)35-13-5-6-16-38(35)51(57)39-23-32-11-7-18-54-20-9-14-36(42(32)54)44(39)69-45-37-15-10-21-55-19-8-12-33(43(37)55)24-40(45)51/h5-6,13,16,23-25,41,46-48,50H,7-12,14-15,17-22,26-27H2,1-4H3. The molecule has 3 aromatic carbocycles. The van der Waals surface area contributed by atoms with Gasteiger partial charge in [-0.05, 0) is 86.3 Å². The molecule has 1 aromatic heterocycles. The lowest BCUT2D eigenvalue weighted by Gasteiger charge is -2.48. The van der Waals surface area contributed by atoms with E-state index in [0.717, 1.165) is 120 Å². The van der Waals surface area contributed by atoms with Gasteiger partial charge in [0.25, 0.3) is 5.91 Å². The second-order valence-electron chi connectivity index (χ2n) is 19.0. The van der Waals surface area contributed by atoms with Gasteiger partial charge in [-0.1, -0.05) is 23.4 Å². The first-order chi connectivity index (χ1) is 33.4. The highest BCUT2D eigenvalue weighted by Gasteiger charge is 2.59. The van der Waals surface area contributed by atoms with Crippen LogP contribution < -0.4 is 14.5 Å². The van der Waals surface area contributed by atoms with Crippen molar-refractivity contribution in [2.45, 2.75) is 128 Å². The zero-order valence-corrected chi connectivity index (χ0v) is 39.3. The van der Waals surface area contributed by atoms with Crippen LogP contribution in [0.1, 0.15) is 108 Å². The van der Waals surface area contributed by atoms with Gasteiger partial charge in [-0.25, -0.2) is 4.68 Å². The predicted octanol–water partition coefficient (Wildman–Crippen LogP) is 4.83. The molecule has 1 fully saturated rings. The Balaban J connectivity index is 0.945. The number of fused-ring (bicyclic) bond motifs is 8. The molecule has 11 rings (SSSR count). The number of esters is 4. The van der Waals surface area contributed by atoms with E-state index in [4.69, 9.17) is 33.2 Å². The van der Waals surface area contributed by atoms with Crippen molar-refractivity contribution < 1.29 is 57.1 Å². The Hall–Kier alpha value is -6.53. The Morgan fingerprint density at radius 1 is 0.725 bits per heavy atom. The lowest BCUT2D eigenvalue weighted by atomic mass is 9.70. The van der Waals surface area contributed by atoms with Crippen molar-refractivity contribution in [1.82, 2.24) is 19.9 Å². The number of benzene rings is 3. The maximum absolute atomic E-state index is 15.3. The van der Waals surface area contributed by atoms with Gasteiger partial charge in [-0.2, -0.15) is 0 Å². The summed E-state index contributed by atoms with van der Waals surface area (Å²) in [6.07, 6.45) is 3.28. The fourth-order valence-electron chi connectivity index (χ4n) is 12.1. The quantitative estimate of drug-likeness (QED) is 0.147. The number of aryl methyl sites for hydroxylation is 2. The number of hydrogen-bond acceptors (Lipinski definition) is 16. The van der Waals surface area contributed by atoms with Gasteiger partial charge < -0.3 is 47.9 Å². The first-order valence-corrected chi connectivity index (χ1v) is 24.2. The fraction of sp³-hybridized carbons (Fsp3) is 0.510. The number of amides is 1. The molecule has 8 heterocycles. The molecule has 362 valence electrons. The van der Waals surface area contributed by atoms with Gasteiger partial charge in [0.2, 0.25) is 0 Å². The van der Waals surface area contributed by atoms with Crippen LogP contribution in [0.4, 0.5) is 11.4 Å². The van der Waals surface area contributed by atoms with Gasteiger partial charge >= 0.3 is 23.9 Å². The molecule has 7 aliphatic heterocycles. The van der Waals surface area contributed by atoms with E-state index in [1.165, 1.54) is 47.5 Å². The third-order valence-corrected chi connectivity index (χ3v) is 14.6. The SMILES string of the molecule is CC(=O)OCC1OC(OCCc2cn(CN3C(=O)c4ccccc4C34c3cc5c6c(c3Oc3c4cc4c7c3CCCN7CCC4)CCCN6CCC5)nn2)C(OC(C)=O)C(OC(C)=O)C1OC(C)=O. The molecule has 0 radical (unpaired) electrons. The van der Waals surface area contributed by atoms with E-state index in [-0.39, 0.29) is 32.2 Å². The van der Waals surface area contributed by atoms with Crippen LogP contribution in [-0.4, -0.2) is 120 Å². The number of carbonyl (C=O) groups is 5. The summed E-state index contributed by atoms with van der Waals surface area (Å²) in [5.74, 6) is -1.21. The van der Waals surface area contributed by atoms with E-state index in [9.17, 15) is 19.2 Å². The average molecular weight is 945 g/mol. The highest BCUT2D eigenvalue weighted by Crippen LogP contribution is 2.63. The number of aromatic nitrogens is 3. The van der Waals surface area contributed by atoms with Crippen LogP contribution in [0.5, 0.6) is 11.5 Å². The third-order valence-electron chi connectivity index (χ3n) is 14.6. The smallest absolute Gasteiger partial charge is 0.303 e. The molecule has 0 aliphatic carbocycles. The van der Waals surface area contributed by atoms with Crippen LogP contribution in [0.2, 0.25) is 0 Å². The van der Waals surface area contributed by atoms with E-state index in [2.05, 4.69) is 38.3 Å². The predicted molar refractivity (Wildman–Crippen MR) is 245 cm³/mol. The Morgan fingerprint density at radius 2 is 1.30 bits per heavy atom. The van der Waals surface area contributed by atoms with E-state index < -0.39 is 60.1 Å². The van der Waals surface area contributed by atoms with E-state index in [0.29, 0.717) is 11.3 Å². The Labute approximate surface area is 399 Å². The molecule has 1 amide bonds. The van der Waals surface area contributed by atoms with Gasteiger partial charge in [0, 0.05) is 99.5 Å². The van der Waals surface area contributed by atoms with E-state index in [1.54, 1.807) is 10.9 Å². The molecule has 0 N–H and O–H groups in total. The summed E-state index contributed by atoms with van der Waals surface area (Å²) in [5, 5.41) is 9.10. The highest BCUT2D eigenvalue weighted by atomic mass is 16.7. The van der Waals surface area contributed by atoms with E-state index in [1.807, 2.05) is 23.1 Å². The van der Waals surface area contributed by atoms with Crippen molar-refractivity contribution in [3.63, 3.8) is 0 Å². The third kappa shape index (κ3) is 7.66. The second-order valence-corrected chi connectivity index (χ2v) is 19.0. The number of hydrogen-bond donors (Lipinski definition) is 0. The molecule has 18 heteroatoms. The first kappa shape index (κ1) is 44.9. The maximum atomic E-state index is 15.3. The number of rotatable bonds is 11. The normalized spacial score (nSPS) is 23.4. The molecule has 0 bridgehead atoms. The number of ether oxygens (including phenoxy) is 7. The monoisotopic (exact) mass is 944 g/mol. The number of anilines is 2. The largest absolute Gasteiger partial charge is 0.463 e. The Bertz CT molecular complexity index is 2690. The number of carbonyl (C=O) groups excluding carboxylic acids is 5. The van der Waals surface area contributed by atoms with Crippen LogP contribution >= 0.6 is 0 Å². The zero-order chi connectivity index (χ0) is 47.7. The highest BCUT2D eigenvalue weighted by molar-refractivity contribution is 6.02. The van der Waals surface area contributed by atoms with Crippen molar-refractivity contribution in [3.8, 4) is 11.5 Å². The van der Waals surface area contributed by atoms with Crippen molar-refractivity contribution >= 4 is 41.2 Å². The molecule has 18 nitrogen and oxygen atoms in total. The lowest BCUT2D eigenvalue weighted by Crippen LogP contribution is -2.63. The van der Waals surface area contributed by atoms with Crippen LogP contribution in [0.15, 0.2) is 42.6 Å². The topological polar surface area (TPSA) is 190 Å². The number of nitrogens with zero attached hydrogens (tertiary/aromatic N) is 6. The molecule has 1 spiro atoms. The van der Waals surface area contributed by atoms with E-state index >= 15 is 4.79 Å². The summed E-state index contributed by atoms with van der Waals surface area (Å²) in [7, 11) is 0. The molecule has 4 aromatic rings. The summed E-state index contributed by atoms with van der Waals surface area (Å²) >= 11 is 0. The molecular formula is C51H56N6O12. The van der Waals surface area contributed by atoms with Gasteiger partial charge in [0.1, 0.15) is 36.4 Å². The molecule has 69 heavy (non-hydrogen) atoms. The lowest BCUT2D eigenvalue weighted by molar-refractivity contribution is -0.307. The van der Waals surface area contributed by atoms with Crippen LogP contribution in [-0.2, 0) is 91.9 Å². The van der Waals surface area contributed by atoms with Crippen molar-refractivity contribution in [2.75, 3.05) is 49.2 Å². The van der Waals surface area contributed by atoms with Gasteiger partial charge in [-0.15, -0.1) is 5.10 Å². The molecule has 5 atom stereocenters.